The lowest BCUT2D eigenvalue weighted by Gasteiger charge is -2.18. The Balaban J connectivity index is 2.27. The number of hydrogen-bond acceptors (Lipinski definition) is 6. The molecular formula is C9H12ClN5O. The molecule has 2 heterocycles. The summed E-state index contributed by atoms with van der Waals surface area (Å²) in [4.78, 5) is 12.3. The van der Waals surface area contributed by atoms with E-state index in [4.69, 9.17) is 16.3 Å². The van der Waals surface area contributed by atoms with Gasteiger partial charge in [-0.2, -0.15) is 4.98 Å². The molecule has 0 spiro atoms. The minimum atomic E-state index is 0.338. The first kappa shape index (κ1) is 10.9. The largest absolute Gasteiger partial charge is 0.479 e. The van der Waals surface area contributed by atoms with Crippen molar-refractivity contribution in [1.29, 1.82) is 0 Å². The van der Waals surface area contributed by atoms with Crippen LogP contribution in [0.15, 0.2) is 4.99 Å². The highest BCUT2D eigenvalue weighted by atomic mass is 35.5. The van der Waals surface area contributed by atoms with Gasteiger partial charge >= 0.3 is 0 Å². The Morgan fingerprint density at radius 2 is 2.31 bits per heavy atom. The number of aromatic nitrogens is 2. The van der Waals surface area contributed by atoms with Crippen LogP contribution in [0, 0.1) is 6.92 Å². The van der Waals surface area contributed by atoms with Crippen molar-refractivity contribution in [2.75, 3.05) is 25.6 Å². The zero-order valence-corrected chi connectivity index (χ0v) is 9.82. The van der Waals surface area contributed by atoms with Gasteiger partial charge in [-0.1, -0.05) is 11.6 Å². The van der Waals surface area contributed by atoms with Crippen LogP contribution in [0.25, 0.3) is 0 Å². The average Bonchev–Trinajstić information content (AvgIpc) is 2.74. The van der Waals surface area contributed by atoms with E-state index in [0.29, 0.717) is 22.5 Å². The highest BCUT2D eigenvalue weighted by Gasteiger charge is 2.15. The van der Waals surface area contributed by atoms with Crippen LogP contribution in [0.1, 0.15) is 5.82 Å². The Labute approximate surface area is 98.3 Å². The molecule has 0 aromatic carbocycles. The number of nitrogens with one attached hydrogen (secondary N) is 1. The van der Waals surface area contributed by atoms with E-state index in [9.17, 15) is 0 Å². The summed E-state index contributed by atoms with van der Waals surface area (Å²) in [6.07, 6.45) is 1.70. The van der Waals surface area contributed by atoms with E-state index < -0.39 is 0 Å². The zero-order chi connectivity index (χ0) is 11.5. The van der Waals surface area contributed by atoms with Crippen LogP contribution in [-0.4, -0.2) is 41.5 Å². The van der Waals surface area contributed by atoms with Crippen LogP contribution in [-0.2, 0) is 0 Å². The van der Waals surface area contributed by atoms with Crippen molar-refractivity contribution in [3.05, 3.63) is 11.0 Å². The fourth-order valence-electron chi connectivity index (χ4n) is 1.36. The van der Waals surface area contributed by atoms with Crippen molar-refractivity contribution in [2.24, 2.45) is 4.99 Å². The molecular weight excluding hydrogens is 230 g/mol. The molecule has 0 unspecified atom stereocenters. The Morgan fingerprint density at radius 1 is 1.50 bits per heavy atom. The van der Waals surface area contributed by atoms with Crippen molar-refractivity contribution >= 4 is 23.6 Å². The molecule has 0 fully saturated rings. The maximum atomic E-state index is 6.03. The molecule has 1 aliphatic rings. The van der Waals surface area contributed by atoms with Gasteiger partial charge in [0.25, 0.3) is 0 Å². The standard InChI is InChI=1S/C9H12ClN5O/c1-6-12-8(10)7(9(13-6)16-2)14-15-4-3-11-5-15/h5,14H,3-4H2,1-2H3. The third-order valence-electron chi connectivity index (χ3n) is 2.08. The van der Waals surface area contributed by atoms with Crippen LogP contribution in [0.3, 0.4) is 0 Å². The number of aryl methyl sites for hydroxylation is 1. The smallest absolute Gasteiger partial charge is 0.243 e. The van der Waals surface area contributed by atoms with E-state index in [1.165, 1.54) is 0 Å². The summed E-state index contributed by atoms with van der Waals surface area (Å²) in [7, 11) is 1.54. The lowest BCUT2D eigenvalue weighted by atomic mass is 10.5. The summed E-state index contributed by atoms with van der Waals surface area (Å²) < 4.78 is 5.15. The van der Waals surface area contributed by atoms with Crippen molar-refractivity contribution < 1.29 is 4.74 Å². The number of rotatable bonds is 3. The van der Waals surface area contributed by atoms with Gasteiger partial charge in [0.1, 0.15) is 12.2 Å². The molecule has 1 aromatic rings. The van der Waals surface area contributed by atoms with Gasteiger partial charge in [-0.25, -0.2) is 4.98 Å². The summed E-state index contributed by atoms with van der Waals surface area (Å²) >= 11 is 6.03. The molecule has 0 amide bonds. The Morgan fingerprint density at radius 3 is 2.94 bits per heavy atom. The third kappa shape index (κ3) is 2.16. The molecule has 1 aromatic heterocycles. The molecule has 0 aliphatic carbocycles. The van der Waals surface area contributed by atoms with Gasteiger partial charge in [0, 0.05) is 0 Å². The number of halogens is 1. The summed E-state index contributed by atoms with van der Waals surface area (Å²) in [5, 5.41) is 2.15. The lowest BCUT2D eigenvalue weighted by Crippen LogP contribution is -2.27. The number of hydrogen-bond donors (Lipinski definition) is 1. The molecule has 1 N–H and O–H groups in total. The number of ether oxygens (including phenoxy) is 1. The highest BCUT2D eigenvalue weighted by Crippen LogP contribution is 2.29. The number of hydrazine groups is 1. The fourth-order valence-corrected chi connectivity index (χ4v) is 1.61. The second-order valence-electron chi connectivity index (χ2n) is 3.27. The lowest BCUT2D eigenvalue weighted by molar-refractivity contribution is 0.394. The predicted molar refractivity (Wildman–Crippen MR) is 62.0 cm³/mol. The first-order chi connectivity index (χ1) is 7.70. The molecule has 0 saturated carbocycles. The van der Waals surface area contributed by atoms with E-state index >= 15 is 0 Å². The summed E-state index contributed by atoms with van der Waals surface area (Å²) in [6, 6.07) is 0. The predicted octanol–water partition coefficient (Wildman–Crippen LogP) is 1.12. The van der Waals surface area contributed by atoms with Gasteiger partial charge in [0.2, 0.25) is 5.88 Å². The van der Waals surface area contributed by atoms with Crippen LogP contribution in [0.4, 0.5) is 5.69 Å². The molecule has 0 bridgehead atoms. The molecule has 6 nitrogen and oxygen atoms in total. The molecule has 7 heteroatoms. The van der Waals surface area contributed by atoms with E-state index in [2.05, 4.69) is 20.4 Å². The molecule has 16 heavy (non-hydrogen) atoms. The summed E-state index contributed by atoms with van der Waals surface area (Å²) in [6.45, 7) is 3.31. The van der Waals surface area contributed by atoms with Crippen molar-refractivity contribution in [1.82, 2.24) is 15.0 Å². The molecule has 0 atom stereocenters. The molecule has 0 radical (unpaired) electrons. The van der Waals surface area contributed by atoms with Crippen LogP contribution in [0.2, 0.25) is 5.15 Å². The maximum absolute atomic E-state index is 6.03. The highest BCUT2D eigenvalue weighted by molar-refractivity contribution is 6.32. The minimum Gasteiger partial charge on any atom is -0.479 e. The Hall–Kier alpha value is -1.56. The Kier molecular flexibility index (Phi) is 3.09. The average molecular weight is 242 g/mol. The summed E-state index contributed by atoms with van der Waals surface area (Å²) in [5.41, 5.74) is 3.62. The maximum Gasteiger partial charge on any atom is 0.243 e. The van der Waals surface area contributed by atoms with Crippen LogP contribution >= 0.6 is 11.6 Å². The van der Waals surface area contributed by atoms with Crippen molar-refractivity contribution in [2.45, 2.75) is 6.92 Å². The van der Waals surface area contributed by atoms with Crippen LogP contribution in [0.5, 0.6) is 5.88 Å². The minimum absolute atomic E-state index is 0.338. The zero-order valence-electron chi connectivity index (χ0n) is 9.07. The third-order valence-corrected chi connectivity index (χ3v) is 2.36. The quantitative estimate of drug-likeness (QED) is 0.804. The fraction of sp³-hybridized carbons (Fsp3) is 0.444. The molecule has 2 rings (SSSR count). The number of aliphatic imine (C=N–C) groups is 1. The van der Waals surface area contributed by atoms with Gasteiger partial charge in [0.15, 0.2) is 10.8 Å². The number of anilines is 1. The van der Waals surface area contributed by atoms with Gasteiger partial charge in [-0.3, -0.25) is 15.4 Å². The topological polar surface area (TPSA) is 62.6 Å². The van der Waals surface area contributed by atoms with Gasteiger partial charge in [-0.05, 0) is 6.92 Å². The number of methoxy groups -OCH3 is 1. The van der Waals surface area contributed by atoms with Crippen molar-refractivity contribution in [3.8, 4) is 5.88 Å². The first-order valence-electron chi connectivity index (χ1n) is 4.82. The van der Waals surface area contributed by atoms with Crippen LogP contribution < -0.4 is 10.2 Å². The van der Waals surface area contributed by atoms with Crippen molar-refractivity contribution in [3.63, 3.8) is 0 Å². The monoisotopic (exact) mass is 241 g/mol. The molecule has 0 saturated heterocycles. The second kappa shape index (κ2) is 4.52. The molecule has 86 valence electrons. The van der Waals surface area contributed by atoms with E-state index in [1.54, 1.807) is 20.4 Å². The Bertz CT molecular complexity index is 423. The van der Waals surface area contributed by atoms with Gasteiger partial charge in [0.05, 0.1) is 20.2 Å². The van der Waals surface area contributed by atoms with E-state index in [-0.39, 0.29) is 0 Å². The van der Waals surface area contributed by atoms with E-state index in [1.807, 2.05) is 5.01 Å². The van der Waals surface area contributed by atoms with E-state index in [0.717, 1.165) is 13.1 Å². The van der Waals surface area contributed by atoms with Gasteiger partial charge < -0.3 is 4.74 Å². The number of nitrogens with zero attached hydrogens (tertiary/aromatic N) is 4. The first-order valence-corrected chi connectivity index (χ1v) is 5.20. The normalized spacial score (nSPS) is 14.3. The second-order valence-corrected chi connectivity index (χ2v) is 3.63. The summed E-state index contributed by atoms with van der Waals surface area (Å²) in [5.74, 6) is 1.00. The van der Waals surface area contributed by atoms with Gasteiger partial charge in [-0.15, -0.1) is 0 Å². The SMILES string of the molecule is COc1nc(C)nc(Cl)c1NN1C=NCC1. The molecule has 1 aliphatic heterocycles.